The van der Waals surface area contributed by atoms with Crippen LogP contribution in [0.1, 0.15) is 32.6 Å². The molecule has 0 amide bonds. The Balaban J connectivity index is 1.35. The zero-order valence-corrected chi connectivity index (χ0v) is 18.3. The second kappa shape index (κ2) is 11.5. The van der Waals surface area contributed by atoms with E-state index >= 15 is 0 Å². The van der Waals surface area contributed by atoms with E-state index < -0.39 is 18.2 Å². The van der Waals surface area contributed by atoms with Crippen molar-refractivity contribution in [1.29, 1.82) is 0 Å². The highest BCUT2D eigenvalue weighted by atomic mass is 16.5. The number of hydrogen-bond donors (Lipinski definition) is 2. The number of furan rings is 1. The maximum Gasteiger partial charge on any atom is 0.333 e. The Kier molecular flexibility index (Phi) is 8.48. The number of carbonyl (C=O) groups excluding carboxylic acids is 1. The summed E-state index contributed by atoms with van der Waals surface area (Å²) in [5.41, 5.74) is 2.17. The molecule has 0 bridgehead atoms. The molecular weight excluding hydrogens is 408 g/mol. The van der Waals surface area contributed by atoms with Crippen molar-refractivity contribution in [3.05, 3.63) is 66.7 Å². The van der Waals surface area contributed by atoms with Crippen LogP contribution in [0.3, 0.4) is 0 Å². The first-order valence-electron chi connectivity index (χ1n) is 10.8. The van der Waals surface area contributed by atoms with E-state index in [0.717, 1.165) is 28.0 Å². The third-order valence-electron chi connectivity index (χ3n) is 5.15. The normalized spacial score (nSPS) is 13.0. The van der Waals surface area contributed by atoms with Crippen LogP contribution in [0.25, 0.3) is 22.3 Å². The third-order valence-corrected chi connectivity index (χ3v) is 5.15. The average Bonchev–Trinajstić information content (AvgIpc) is 3.23. The molecule has 6 nitrogen and oxygen atoms in total. The number of rotatable bonds is 12. The van der Waals surface area contributed by atoms with Gasteiger partial charge in [-0.2, -0.15) is 0 Å². The molecule has 0 aliphatic rings. The Labute approximate surface area is 188 Å². The lowest BCUT2D eigenvalue weighted by Gasteiger charge is -2.17. The number of aliphatic hydroxyl groups is 2. The minimum Gasteiger partial charge on any atom is -0.494 e. The van der Waals surface area contributed by atoms with Crippen molar-refractivity contribution in [2.45, 2.75) is 44.8 Å². The maximum absolute atomic E-state index is 11.3. The minimum atomic E-state index is -0.860. The van der Waals surface area contributed by atoms with Gasteiger partial charge in [0, 0.05) is 16.5 Å². The van der Waals surface area contributed by atoms with E-state index in [1.54, 1.807) is 6.92 Å². The van der Waals surface area contributed by atoms with E-state index in [1.807, 2.05) is 54.6 Å². The van der Waals surface area contributed by atoms with Crippen molar-refractivity contribution in [2.24, 2.45) is 0 Å². The monoisotopic (exact) mass is 438 g/mol. The fourth-order valence-electron chi connectivity index (χ4n) is 3.29. The molecule has 2 aromatic carbocycles. The Bertz CT molecular complexity index is 987. The van der Waals surface area contributed by atoms with E-state index in [4.69, 9.17) is 13.9 Å². The first kappa shape index (κ1) is 23.6. The van der Waals surface area contributed by atoms with Gasteiger partial charge in [0.25, 0.3) is 0 Å². The summed E-state index contributed by atoms with van der Waals surface area (Å²) in [5.74, 6) is 1.10. The third kappa shape index (κ3) is 6.70. The molecule has 2 unspecified atom stereocenters. The van der Waals surface area contributed by atoms with Gasteiger partial charge in [0.15, 0.2) is 0 Å². The van der Waals surface area contributed by atoms with Crippen molar-refractivity contribution in [3.63, 3.8) is 0 Å². The molecule has 0 saturated heterocycles. The largest absolute Gasteiger partial charge is 0.494 e. The number of carbonyl (C=O) groups is 1. The lowest BCUT2D eigenvalue weighted by atomic mass is 10.0. The maximum atomic E-state index is 11.3. The second-order valence-electron chi connectivity index (χ2n) is 7.86. The predicted molar refractivity (Wildman–Crippen MR) is 123 cm³/mol. The topological polar surface area (TPSA) is 89.1 Å². The number of hydrogen-bond acceptors (Lipinski definition) is 6. The van der Waals surface area contributed by atoms with Gasteiger partial charge in [-0.25, -0.2) is 4.79 Å². The number of fused-ring (bicyclic) bond motifs is 1. The number of para-hydroxylation sites is 1. The highest BCUT2D eigenvalue weighted by Crippen LogP contribution is 2.28. The Morgan fingerprint density at radius 3 is 2.31 bits per heavy atom. The van der Waals surface area contributed by atoms with Gasteiger partial charge in [0.1, 0.15) is 17.1 Å². The molecule has 0 saturated carbocycles. The molecule has 0 aliphatic heterocycles. The fraction of sp³-hybridized carbons (Fsp3) is 0.346. The SMILES string of the molecule is C=C(C)C(=O)OCCCC(O)C(O)CCCOc1ccc(-c2cc3ccccc3o2)cc1. The summed E-state index contributed by atoms with van der Waals surface area (Å²) in [5, 5.41) is 21.2. The van der Waals surface area contributed by atoms with Gasteiger partial charge in [-0.1, -0.05) is 24.8 Å². The molecule has 32 heavy (non-hydrogen) atoms. The van der Waals surface area contributed by atoms with Gasteiger partial charge < -0.3 is 24.1 Å². The molecule has 0 spiro atoms. The van der Waals surface area contributed by atoms with Gasteiger partial charge in [-0.3, -0.25) is 0 Å². The molecule has 2 N–H and O–H groups in total. The van der Waals surface area contributed by atoms with Gasteiger partial charge in [0.2, 0.25) is 0 Å². The van der Waals surface area contributed by atoms with Gasteiger partial charge in [0.05, 0.1) is 25.4 Å². The highest BCUT2D eigenvalue weighted by Gasteiger charge is 2.16. The van der Waals surface area contributed by atoms with E-state index in [1.165, 1.54) is 0 Å². The lowest BCUT2D eigenvalue weighted by Crippen LogP contribution is -2.26. The molecule has 1 aromatic heterocycles. The Hall–Kier alpha value is -3.09. The van der Waals surface area contributed by atoms with Crippen molar-refractivity contribution >= 4 is 16.9 Å². The summed E-state index contributed by atoms with van der Waals surface area (Å²) >= 11 is 0. The van der Waals surface area contributed by atoms with E-state index in [2.05, 4.69) is 6.58 Å². The number of aliphatic hydroxyl groups excluding tert-OH is 2. The van der Waals surface area contributed by atoms with Crippen LogP contribution >= 0.6 is 0 Å². The summed E-state index contributed by atoms with van der Waals surface area (Å²) in [6.07, 6.45) is 0.158. The Morgan fingerprint density at radius 2 is 1.66 bits per heavy atom. The average molecular weight is 439 g/mol. The van der Waals surface area contributed by atoms with Crippen LogP contribution in [-0.2, 0) is 9.53 Å². The zero-order chi connectivity index (χ0) is 22.9. The molecule has 2 atom stereocenters. The first-order valence-corrected chi connectivity index (χ1v) is 10.8. The van der Waals surface area contributed by atoms with E-state index in [9.17, 15) is 15.0 Å². The summed E-state index contributed by atoms with van der Waals surface area (Å²) in [6, 6.07) is 17.6. The minimum absolute atomic E-state index is 0.197. The van der Waals surface area contributed by atoms with Crippen LogP contribution in [0.5, 0.6) is 5.75 Å². The van der Waals surface area contributed by atoms with Crippen molar-refractivity contribution in [3.8, 4) is 17.1 Å². The number of benzene rings is 2. The van der Waals surface area contributed by atoms with E-state index in [0.29, 0.717) is 37.9 Å². The van der Waals surface area contributed by atoms with Crippen LogP contribution in [0, 0.1) is 0 Å². The van der Waals surface area contributed by atoms with E-state index in [-0.39, 0.29) is 6.61 Å². The molecule has 3 aromatic rings. The van der Waals surface area contributed by atoms with Crippen molar-refractivity contribution < 1.29 is 28.9 Å². The molecule has 1 heterocycles. The molecule has 170 valence electrons. The molecule has 0 radical (unpaired) electrons. The molecule has 3 rings (SSSR count). The van der Waals surface area contributed by atoms with Crippen LogP contribution < -0.4 is 4.74 Å². The standard InChI is InChI=1S/C26H30O6/c1-18(2)26(29)31-16-6-9-23(28)22(27)8-5-15-30-21-13-11-19(12-14-21)25-17-20-7-3-4-10-24(20)32-25/h3-4,7,10-14,17,22-23,27-28H,1,5-6,8-9,15-16H2,2H3. The zero-order valence-electron chi connectivity index (χ0n) is 18.3. The van der Waals surface area contributed by atoms with Gasteiger partial charge in [-0.05, 0) is 69.0 Å². The van der Waals surface area contributed by atoms with Crippen LogP contribution in [-0.4, -0.2) is 41.6 Å². The number of esters is 1. The van der Waals surface area contributed by atoms with Crippen molar-refractivity contribution in [2.75, 3.05) is 13.2 Å². The summed E-state index contributed by atoms with van der Waals surface area (Å²) in [6.45, 7) is 5.72. The molecular formula is C26H30O6. The molecule has 6 heteroatoms. The lowest BCUT2D eigenvalue weighted by molar-refractivity contribution is -0.139. The summed E-state index contributed by atoms with van der Waals surface area (Å²) in [7, 11) is 0. The first-order chi connectivity index (χ1) is 15.4. The predicted octanol–water partition coefficient (Wildman–Crippen LogP) is 4.88. The highest BCUT2D eigenvalue weighted by molar-refractivity contribution is 5.86. The quantitative estimate of drug-likeness (QED) is 0.238. The second-order valence-corrected chi connectivity index (χ2v) is 7.86. The van der Waals surface area contributed by atoms with Gasteiger partial charge in [-0.15, -0.1) is 0 Å². The molecule has 0 fully saturated rings. The van der Waals surface area contributed by atoms with Crippen molar-refractivity contribution in [1.82, 2.24) is 0 Å². The summed E-state index contributed by atoms with van der Waals surface area (Å²) < 4.78 is 16.6. The smallest absolute Gasteiger partial charge is 0.333 e. The van der Waals surface area contributed by atoms with Crippen LogP contribution in [0.4, 0.5) is 0 Å². The van der Waals surface area contributed by atoms with Gasteiger partial charge >= 0.3 is 5.97 Å². The van der Waals surface area contributed by atoms with Crippen LogP contribution in [0.2, 0.25) is 0 Å². The van der Waals surface area contributed by atoms with Crippen LogP contribution in [0.15, 0.2) is 71.2 Å². The summed E-state index contributed by atoms with van der Waals surface area (Å²) in [4.78, 5) is 11.3. The fourth-order valence-corrected chi connectivity index (χ4v) is 3.29. The number of ether oxygens (including phenoxy) is 2. The molecule has 0 aliphatic carbocycles. The Morgan fingerprint density at radius 1 is 1.00 bits per heavy atom.